The van der Waals surface area contributed by atoms with E-state index in [1.54, 1.807) is 40.4 Å². The van der Waals surface area contributed by atoms with Crippen LogP contribution in [0.1, 0.15) is 21.5 Å². The maximum atomic E-state index is 12.7. The first-order valence-electron chi connectivity index (χ1n) is 8.32. The van der Waals surface area contributed by atoms with E-state index in [9.17, 15) is 4.79 Å². The van der Waals surface area contributed by atoms with Gasteiger partial charge in [-0.2, -0.15) is 5.10 Å². The average molecular weight is 362 g/mol. The van der Waals surface area contributed by atoms with Crippen molar-refractivity contribution in [3.05, 3.63) is 77.6 Å². The van der Waals surface area contributed by atoms with Crippen LogP contribution in [0, 0.1) is 6.92 Å². The minimum atomic E-state index is -0.0566. The first-order chi connectivity index (χ1) is 12.6. The number of hydrogen-bond donors (Lipinski definition) is 0. The Morgan fingerprint density at radius 3 is 2.85 bits per heavy atom. The number of thiazole rings is 1. The summed E-state index contributed by atoms with van der Waals surface area (Å²) in [4.78, 5) is 19.0. The Balaban J connectivity index is 1.54. The van der Waals surface area contributed by atoms with Crippen molar-refractivity contribution in [3.8, 4) is 5.13 Å². The summed E-state index contributed by atoms with van der Waals surface area (Å²) < 4.78 is 2.76. The molecular weight excluding hydrogens is 344 g/mol. The smallest absolute Gasteiger partial charge is 0.257 e. The van der Waals surface area contributed by atoms with Crippen LogP contribution in [0.25, 0.3) is 15.3 Å². The maximum Gasteiger partial charge on any atom is 0.257 e. The van der Waals surface area contributed by atoms with E-state index in [1.165, 1.54) is 5.56 Å². The van der Waals surface area contributed by atoms with Crippen molar-refractivity contribution < 1.29 is 4.79 Å². The fourth-order valence-electron chi connectivity index (χ4n) is 2.87. The molecule has 0 bridgehead atoms. The van der Waals surface area contributed by atoms with E-state index in [4.69, 9.17) is 0 Å². The highest BCUT2D eigenvalue weighted by atomic mass is 32.1. The molecule has 0 aliphatic heterocycles. The molecule has 0 atom stereocenters. The molecule has 0 fully saturated rings. The predicted octanol–water partition coefficient (Wildman–Crippen LogP) is 4.06. The Morgan fingerprint density at radius 1 is 1.19 bits per heavy atom. The minimum Gasteiger partial charge on any atom is -0.337 e. The second-order valence-corrected chi connectivity index (χ2v) is 7.30. The standard InChI is InChI=1S/C20H18N4OS/c1-14-6-5-7-15(10-14)12-23(2)19(25)16-11-21-24(13-16)20-22-17-8-3-4-9-18(17)26-20/h3-11,13H,12H2,1-2H3. The van der Waals surface area contributed by atoms with Crippen LogP contribution in [0.5, 0.6) is 0 Å². The molecule has 5 nitrogen and oxygen atoms in total. The van der Waals surface area contributed by atoms with E-state index in [1.807, 2.05) is 49.4 Å². The van der Waals surface area contributed by atoms with Gasteiger partial charge in [0.15, 0.2) is 0 Å². The van der Waals surface area contributed by atoms with Crippen molar-refractivity contribution in [2.45, 2.75) is 13.5 Å². The molecule has 26 heavy (non-hydrogen) atoms. The van der Waals surface area contributed by atoms with Crippen molar-refractivity contribution in [2.75, 3.05) is 7.05 Å². The third-order valence-corrected chi connectivity index (χ3v) is 5.18. The number of para-hydroxylation sites is 1. The summed E-state index contributed by atoms with van der Waals surface area (Å²) in [6.45, 7) is 2.61. The second kappa shape index (κ2) is 6.72. The lowest BCUT2D eigenvalue weighted by atomic mass is 10.1. The van der Waals surface area contributed by atoms with Gasteiger partial charge in [-0.1, -0.05) is 53.3 Å². The highest BCUT2D eigenvalue weighted by Gasteiger charge is 2.16. The van der Waals surface area contributed by atoms with Gasteiger partial charge in [-0.3, -0.25) is 4.79 Å². The normalized spacial score (nSPS) is 11.0. The van der Waals surface area contributed by atoms with Gasteiger partial charge in [0.2, 0.25) is 5.13 Å². The van der Waals surface area contributed by atoms with Crippen LogP contribution in [0.2, 0.25) is 0 Å². The van der Waals surface area contributed by atoms with Crippen LogP contribution in [0.15, 0.2) is 60.9 Å². The molecule has 130 valence electrons. The van der Waals surface area contributed by atoms with E-state index in [0.29, 0.717) is 12.1 Å². The van der Waals surface area contributed by atoms with Crippen LogP contribution in [-0.4, -0.2) is 32.6 Å². The molecule has 2 heterocycles. The molecule has 0 N–H and O–H groups in total. The number of fused-ring (bicyclic) bond motifs is 1. The Hall–Kier alpha value is -2.99. The van der Waals surface area contributed by atoms with Gasteiger partial charge >= 0.3 is 0 Å². The SMILES string of the molecule is Cc1cccc(CN(C)C(=O)c2cnn(-c3nc4ccccc4s3)c2)c1. The monoisotopic (exact) mass is 362 g/mol. The number of hydrogen-bond acceptors (Lipinski definition) is 4. The highest BCUT2D eigenvalue weighted by Crippen LogP contribution is 2.24. The topological polar surface area (TPSA) is 51.0 Å². The van der Waals surface area contributed by atoms with Crippen LogP contribution < -0.4 is 0 Å². The number of carbonyl (C=O) groups is 1. The number of aryl methyl sites for hydroxylation is 1. The number of amides is 1. The van der Waals surface area contributed by atoms with Gasteiger partial charge in [0.05, 0.1) is 22.0 Å². The summed E-state index contributed by atoms with van der Waals surface area (Å²) >= 11 is 1.55. The summed E-state index contributed by atoms with van der Waals surface area (Å²) in [5.41, 5.74) is 3.79. The number of rotatable bonds is 4. The fourth-order valence-corrected chi connectivity index (χ4v) is 3.77. The van der Waals surface area contributed by atoms with Crippen molar-refractivity contribution >= 4 is 27.5 Å². The lowest BCUT2D eigenvalue weighted by Crippen LogP contribution is -2.25. The van der Waals surface area contributed by atoms with E-state index in [-0.39, 0.29) is 5.91 Å². The lowest BCUT2D eigenvalue weighted by Gasteiger charge is -2.16. The van der Waals surface area contributed by atoms with Crippen molar-refractivity contribution in [1.82, 2.24) is 19.7 Å². The summed E-state index contributed by atoms with van der Waals surface area (Å²) in [6.07, 6.45) is 3.34. The first kappa shape index (κ1) is 16.5. The summed E-state index contributed by atoms with van der Waals surface area (Å²) in [6, 6.07) is 16.1. The van der Waals surface area contributed by atoms with Gasteiger partial charge in [-0.15, -0.1) is 0 Å². The van der Waals surface area contributed by atoms with Gasteiger partial charge in [-0.25, -0.2) is 9.67 Å². The third kappa shape index (κ3) is 3.23. The van der Waals surface area contributed by atoms with Gasteiger partial charge in [0.25, 0.3) is 5.91 Å². The minimum absolute atomic E-state index is 0.0566. The molecule has 0 aliphatic carbocycles. The summed E-state index contributed by atoms with van der Waals surface area (Å²) in [7, 11) is 1.81. The van der Waals surface area contributed by atoms with Crippen LogP contribution in [0.3, 0.4) is 0 Å². The van der Waals surface area contributed by atoms with Crippen molar-refractivity contribution in [3.63, 3.8) is 0 Å². The molecule has 4 rings (SSSR count). The molecule has 4 aromatic rings. The van der Waals surface area contributed by atoms with Crippen LogP contribution in [-0.2, 0) is 6.54 Å². The maximum absolute atomic E-state index is 12.7. The molecule has 0 aliphatic rings. The number of benzene rings is 2. The zero-order valence-electron chi connectivity index (χ0n) is 14.6. The number of aromatic nitrogens is 3. The molecule has 1 amide bonds. The number of carbonyl (C=O) groups excluding carboxylic acids is 1. The van der Waals surface area contributed by atoms with Gasteiger partial charge in [0, 0.05) is 19.8 Å². The molecule has 2 aromatic carbocycles. The fraction of sp³-hybridized carbons (Fsp3) is 0.150. The Morgan fingerprint density at radius 2 is 2.04 bits per heavy atom. The van der Waals surface area contributed by atoms with E-state index < -0.39 is 0 Å². The molecule has 6 heteroatoms. The Labute approximate surface area is 155 Å². The number of nitrogens with zero attached hydrogens (tertiary/aromatic N) is 4. The lowest BCUT2D eigenvalue weighted by molar-refractivity contribution is 0.0785. The van der Waals surface area contributed by atoms with Gasteiger partial charge in [0.1, 0.15) is 0 Å². The van der Waals surface area contributed by atoms with Gasteiger partial charge in [-0.05, 0) is 24.6 Å². The van der Waals surface area contributed by atoms with Gasteiger partial charge < -0.3 is 4.90 Å². The summed E-state index contributed by atoms with van der Waals surface area (Å²) in [5, 5.41) is 5.08. The van der Waals surface area contributed by atoms with E-state index in [2.05, 4.69) is 16.1 Å². The molecule has 2 aromatic heterocycles. The average Bonchev–Trinajstić information content (AvgIpc) is 3.27. The largest absolute Gasteiger partial charge is 0.337 e. The van der Waals surface area contributed by atoms with Crippen LogP contribution >= 0.6 is 11.3 Å². The third-order valence-electron chi connectivity index (χ3n) is 4.16. The van der Waals surface area contributed by atoms with Crippen molar-refractivity contribution in [1.29, 1.82) is 0 Å². The predicted molar refractivity (Wildman–Crippen MR) is 104 cm³/mol. The van der Waals surface area contributed by atoms with Crippen LogP contribution in [0.4, 0.5) is 0 Å². The Bertz CT molecular complexity index is 1050. The van der Waals surface area contributed by atoms with Crippen molar-refractivity contribution in [2.24, 2.45) is 0 Å². The molecule has 0 radical (unpaired) electrons. The highest BCUT2D eigenvalue weighted by molar-refractivity contribution is 7.20. The van der Waals surface area contributed by atoms with E-state index >= 15 is 0 Å². The molecule has 0 saturated carbocycles. The quantitative estimate of drug-likeness (QED) is 0.550. The zero-order valence-corrected chi connectivity index (χ0v) is 15.4. The summed E-state index contributed by atoms with van der Waals surface area (Å²) in [5.74, 6) is -0.0566. The molecule has 0 saturated heterocycles. The first-order valence-corrected chi connectivity index (χ1v) is 9.13. The molecule has 0 spiro atoms. The second-order valence-electron chi connectivity index (χ2n) is 6.29. The molecular formula is C20H18N4OS. The zero-order chi connectivity index (χ0) is 18.1. The van der Waals surface area contributed by atoms with E-state index in [0.717, 1.165) is 20.9 Å². The molecule has 0 unspecified atom stereocenters. The Kier molecular flexibility index (Phi) is 4.26.